The summed E-state index contributed by atoms with van der Waals surface area (Å²) in [4.78, 5) is 38.0. The Bertz CT molecular complexity index is 1420. The summed E-state index contributed by atoms with van der Waals surface area (Å²) < 4.78 is 0. The van der Waals surface area contributed by atoms with E-state index in [-0.39, 0.29) is 15.5 Å². The molecule has 2 amide bonds. The summed E-state index contributed by atoms with van der Waals surface area (Å²) in [5.41, 5.74) is 9.34. The molecule has 1 aromatic carbocycles. The molecule has 36 heavy (non-hydrogen) atoms. The molecular formula is C24H19ClN4O5S2. The summed E-state index contributed by atoms with van der Waals surface area (Å²) in [5, 5.41) is 25.8. The van der Waals surface area contributed by atoms with Gasteiger partial charge in [0.15, 0.2) is 0 Å². The first-order valence-corrected chi connectivity index (χ1v) is 12.2. The zero-order chi connectivity index (χ0) is 26.2. The van der Waals surface area contributed by atoms with Gasteiger partial charge < -0.3 is 15.9 Å². The molecule has 12 heteroatoms. The summed E-state index contributed by atoms with van der Waals surface area (Å²) in [7, 11) is 0. The number of nitrogens with one attached hydrogen (secondary N) is 1. The average molecular weight is 543 g/mol. The maximum Gasteiger partial charge on any atom is 0.345 e. The number of carboxylic acid groups (broad SMARTS) is 1. The average Bonchev–Trinajstić information content (AvgIpc) is 3.51. The van der Waals surface area contributed by atoms with Crippen LogP contribution >= 0.6 is 34.3 Å². The highest BCUT2D eigenvalue weighted by molar-refractivity contribution is 7.15. The number of rotatable bonds is 6. The Kier molecular flexibility index (Phi) is 8.90. The molecule has 0 fully saturated rings. The first kappa shape index (κ1) is 26.5. The van der Waals surface area contributed by atoms with Gasteiger partial charge in [0.25, 0.3) is 11.8 Å². The standard InChI is InChI=1S/C18H13ClN2O4S2.C6H6N2O/c1-9(20-21-17(23)13-6-7-14(27-13)18(24)25)12-8-26-16(15(12)22)10-2-4-11(19)5-3-10;7-6(9)5-3-1-2-4-8-5/h2-8,22H,1H3,(H,21,23)(H,24,25);1-4H,(H2,7,9). The lowest BCUT2D eigenvalue weighted by Crippen LogP contribution is -2.18. The van der Waals surface area contributed by atoms with Gasteiger partial charge in [0.05, 0.1) is 21.0 Å². The Morgan fingerprint density at radius 1 is 1.06 bits per heavy atom. The van der Waals surface area contributed by atoms with Gasteiger partial charge in [-0.05, 0) is 48.9 Å². The van der Waals surface area contributed by atoms with E-state index in [2.05, 4.69) is 15.5 Å². The first-order chi connectivity index (χ1) is 17.2. The van der Waals surface area contributed by atoms with Crippen molar-refractivity contribution in [3.63, 3.8) is 0 Å². The van der Waals surface area contributed by atoms with Gasteiger partial charge in [-0.2, -0.15) is 5.10 Å². The van der Waals surface area contributed by atoms with E-state index < -0.39 is 17.8 Å². The molecule has 0 saturated carbocycles. The van der Waals surface area contributed by atoms with E-state index in [1.54, 1.807) is 42.6 Å². The lowest BCUT2D eigenvalue weighted by atomic mass is 10.1. The fourth-order valence-corrected chi connectivity index (χ4v) is 4.62. The number of primary amides is 1. The minimum atomic E-state index is -1.09. The fourth-order valence-electron chi connectivity index (χ4n) is 2.75. The number of hydrazone groups is 1. The first-order valence-electron chi connectivity index (χ1n) is 10.1. The third-order valence-corrected chi connectivity index (χ3v) is 6.89. The van der Waals surface area contributed by atoms with Crippen molar-refractivity contribution >= 4 is 57.8 Å². The molecule has 0 saturated heterocycles. The van der Waals surface area contributed by atoms with Gasteiger partial charge >= 0.3 is 5.97 Å². The number of aromatic nitrogens is 1. The number of hydrogen-bond acceptors (Lipinski definition) is 8. The molecule has 3 heterocycles. The van der Waals surface area contributed by atoms with Crippen molar-refractivity contribution in [2.75, 3.05) is 0 Å². The second-order valence-electron chi connectivity index (χ2n) is 7.02. The molecule has 0 aliphatic heterocycles. The molecule has 184 valence electrons. The predicted molar refractivity (Wildman–Crippen MR) is 140 cm³/mol. The van der Waals surface area contributed by atoms with Crippen LogP contribution in [-0.4, -0.2) is 38.7 Å². The number of thiophene rings is 2. The Labute approximate surface area is 218 Å². The highest BCUT2D eigenvalue weighted by Gasteiger charge is 2.16. The number of carbonyl (C=O) groups excluding carboxylic acids is 2. The van der Waals surface area contributed by atoms with E-state index in [0.29, 0.717) is 26.9 Å². The van der Waals surface area contributed by atoms with E-state index in [9.17, 15) is 19.5 Å². The molecule has 4 aromatic rings. The maximum absolute atomic E-state index is 12.1. The van der Waals surface area contributed by atoms with E-state index in [0.717, 1.165) is 16.9 Å². The van der Waals surface area contributed by atoms with Gasteiger partial charge in [-0.15, -0.1) is 22.7 Å². The third-order valence-electron chi connectivity index (χ3n) is 4.54. The molecule has 0 atom stereocenters. The normalized spacial score (nSPS) is 10.8. The number of amides is 2. The van der Waals surface area contributed by atoms with Gasteiger partial charge in [0.1, 0.15) is 16.3 Å². The van der Waals surface area contributed by atoms with Gasteiger partial charge in [-0.1, -0.05) is 29.8 Å². The molecule has 0 spiro atoms. The Balaban J connectivity index is 0.000000338. The molecule has 4 rings (SSSR count). The van der Waals surface area contributed by atoms with Crippen molar-refractivity contribution in [2.24, 2.45) is 10.8 Å². The summed E-state index contributed by atoms with van der Waals surface area (Å²) in [5.74, 6) is -2.02. The number of hydrogen-bond donors (Lipinski definition) is 4. The van der Waals surface area contributed by atoms with Crippen LogP contribution in [0.3, 0.4) is 0 Å². The molecule has 3 aromatic heterocycles. The highest BCUT2D eigenvalue weighted by Crippen LogP contribution is 2.39. The van der Waals surface area contributed by atoms with Crippen LogP contribution in [0.2, 0.25) is 5.02 Å². The van der Waals surface area contributed by atoms with Crippen molar-refractivity contribution in [1.29, 1.82) is 0 Å². The molecule has 0 aliphatic rings. The Morgan fingerprint density at radius 3 is 2.31 bits per heavy atom. The SMILES string of the molecule is CC(=NNC(=O)c1ccc(C(=O)O)s1)c1csc(-c2ccc(Cl)cc2)c1O.NC(=O)c1ccccn1. The van der Waals surface area contributed by atoms with Crippen molar-refractivity contribution in [3.8, 4) is 16.2 Å². The molecule has 5 N–H and O–H groups in total. The summed E-state index contributed by atoms with van der Waals surface area (Å²) in [6, 6.07) is 14.9. The van der Waals surface area contributed by atoms with Crippen molar-refractivity contribution in [1.82, 2.24) is 10.4 Å². The number of halogens is 1. The minimum absolute atomic E-state index is 0.0714. The molecule has 0 radical (unpaired) electrons. The fraction of sp³-hybridized carbons (Fsp3) is 0.0417. The topological polar surface area (TPSA) is 155 Å². The number of carbonyl (C=O) groups is 3. The van der Waals surface area contributed by atoms with E-state index in [1.807, 2.05) is 12.1 Å². The lowest BCUT2D eigenvalue weighted by molar-refractivity contribution is 0.0701. The zero-order valence-corrected chi connectivity index (χ0v) is 21.0. The van der Waals surface area contributed by atoms with Crippen LogP contribution in [0, 0.1) is 0 Å². The van der Waals surface area contributed by atoms with Crippen molar-refractivity contribution in [3.05, 3.63) is 92.2 Å². The Hall–Kier alpha value is -4.06. The highest BCUT2D eigenvalue weighted by atomic mass is 35.5. The number of aromatic carboxylic acids is 1. The molecule has 0 bridgehead atoms. The quantitative estimate of drug-likeness (QED) is 0.201. The van der Waals surface area contributed by atoms with Gasteiger partial charge in [0, 0.05) is 16.6 Å². The van der Waals surface area contributed by atoms with E-state index in [1.165, 1.54) is 29.7 Å². The predicted octanol–water partition coefficient (Wildman–Crippen LogP) is 4.87. The number of nitrogens with two attached hydrogens (primary N) is 1. The van der Waals surface area contributed by atoms with E-state index >= 15 is 0 Å². The molecule has 9 nitrogen and oxygen atoms in total. The van der Waals surface area contributed by atoms with Crippen LogP contribution in [0.25, 0.3) is 10.4 Å². The van der Waals surface area contributed by atoms with Crippen LogP contribution in [0.4, 0.5) is 0 Å². The summed E-state index contributed by atoms with van der Waals surface area (Å²) in [6.07, 6.45) is 1.53. The second kappa shape index (κ2) is 12.1. The molecular weight excluding hydrogens is 524 g/mol. The zero-order valence-electron chi connectivity index (χ0n) is 18.6. The third kappa shape index (κ3) is 6.75. The van der Waals surface area contributed by atoms with Gasteiger partial charge in [-0.3, -0.25) is 14.6 Å². The van der Waals surface area contributed by atoms with Crippen LogP contribution in [0.1, 0.15) is 42.3 Å². The molecule has 0 aliphatic carbocycles. The Morgan fingerprint density at radius 2 is 1.75 bits per heavy atom. The van der Waals surface area contributed by atoms with E-state index in [4.69, 9.17) is 22.4 Å². The largest absolute Gasteiger partial charge is 0.506 e. The van der Waals surface area contributed by atoms with Gasteiger partial charge in [0.2, 0.25) is 0 Å². The summed E-state index contributed by atoms with van der Waals surface area (Å²) >= 11 is 8.10. The number of benzene rings is 1. The number of nitrogens with zero attached hydrogens (tertiary/aromatic N) is 2. The second-order valence-corrected chi connectivity index (χ2v) is 9.42. The number of pyridine rings is 1. The van der Waals surface area contributed by atoms with Crippen LogP contribution in [0.15, 0.2) is 71.3 Å². The van der Waals surface area contributed by atoms with Gasteiger partial charge in [-0.25, -0.2) is 10.2 Å². The lowest BCUT2D eigenvalue weighted by Gasteiger charge is -2.03. The van der Waals surface area contributed by atoms with Crippen LogP contribution in [0.5, 0.6) is 5.75 Å². The minimum Gasteiger partial charge on any atom is -0.506 e. The van der Waals surface area contributed by atoms with Crippen LogP contribution < -0.4 is 11.2 Å². The van der Waals surface area contributed by atoms with Crippen LogP contribution in [-0.2, 0) is 0 Å². The number of carboxylic acids is 1. The summed E-state index contributed by atoms with van der Waals surface area (Å²) in [6.45, 7) is 1.66. The monoisotopic (exact) mass is 542 g/mol. The molecule has 0 unspecified atom stereocenters. The maximum atomic E-state index is 12.1. The smallest absolute Gasteiger partial charge is 0.345 e. The number of aromatic hydroxyl groups is 1. The van der Waals surface area contributed by atoms with Crippen molar-refractivity contribution < 1.29 is 24.6 Å². The van der Waals surface area contributed by atoms with Crippen molar-refractivity contribution in [2.45, 2.75) is 6.92 Å².